The molecule has 4 heteroatoms. The molecule has 0 spiro atoms. The molecule has 0 bridgehead atoms. The molecule has 0 fully saturated rings. The van der Waals surface area contributed by atoms with Crippen LogP contribution in [0.5, 0.6) is 0 Å². The van der Waals surface area contributed by atoms with Gasteiger partial charge in [-0.15, -0.1) is 29.0 Å². The summed E-state index contributed by atoms with van der Waals surface area (Å²) >= 11 is 0. The van der Waals surface area contributed by atoms with Gasteiger partial charge in [0.05, 0.1) is 16.7 Å². The summed E-state index contributed by atoms with van der Waals surface area (Å²) in [7, 11) is 0. The van der Waals surface area contributed by atoms with Gasteiger partial charge in [0.25, 0.3) is 0 Å². The number of aromatic nitrogens is 2. The van der Waals surface area contributed by atoms with Crippen molar-refractivity contribution in [2.75, 3.05) is 0 Å². The van der Waals surface area contributed by atoms with Gasteiger partial charge in [0.15, 0.2) is 0 Å². The van der Waals surface area contributed by atoms with Gasteiger partial charge in [0.1, 0.15) is 0 Å². The van der Waals surface area contributed by atoms with Crippen LogP contribution in [0.4, 0.5) is 4.39 Å². The Labute approximate surface area is 160 Å². The summed E-state index contributed by atoms with van der Waals surface area (Å²) in [6.45, 7) is 10.7. The topological polar surface area (TPSA) is 17.3 Å². The van der Waals surface area contributed by atoms with Gasteiger partial charge in [-0.05, 0) is 37.1 Å². The number of benzene rings is 2. The summed E-state index contributed by atoms with van der Waals surface area (Å²) < 4.78 is 15.9. The molecular weight excluding hydrogens is 491 g/mol. The Morgan fingerprint density at radius 2 is 1.72 bits per heavy atom. The fourth-order valence-electron chi connectivity index (χ4n) is 3.30. The molecule has 0 aliphatic carbocycles. The molecule has 2 aromatic carbocycles. The Kier molecular flexibility index (Phi) is 4.25. The molecule has 0 N–H and O–H groups in total. The largest absolute Gasteiger partial charge is 0.337 e. The first-order valence-electron chi connectivity index (χ1n) is 8.19. The third-order valence-electron chi connectivity index (χ3n) is 4.73. The van der Waals surface area contributed by atoms with E-state index in [1.165, 1.54) is 17.2 Å². The molecular formula is C21H20FIrN2-. The summed E-state index contributed by atoms with van der Waals surface area (Å²) in [5, 5.41) is 1.70. The van der Waals surface area contributed by atoms with Crippen LogP contribution in [-0.4, -0.2) is 9.38 Å². The van der Waals surface area contributed by atoms with Crippen molar-refractivity contribution in [3.8, 4) is 0 Å². The molecule has 0 unspecified atom stereocenters. The normalized spacial score (nSPS) is 12.1. The molecule has 4 aromatic rings. The van der Waals surface area contributed by atoms with E-state index in [9.17, 15) is 4.39 Å². The van der Waals surface area contributed by atoms with Gasteiger partial charge in [0.2, 0.25) is 0 Å². The second-order valence-corrected chi connectivity index (χ2v) is 7.62. The number of nitrogens with zero attached hydrogens (tertiary/aromatic N) is 2. The molecule has 0 saturated heterocycles. The zero-order valence-electron chi connectivity index (χ0n) is 15.0. The molecule has 0 aliphatic rings. The first kappa shape index (κ1) is 18.0. The standard InChI is InChI=1S/C21H20FN2.Ir/c1-12-8-17-18(9-13(12)2)24-19(21(3,4)5)11-14-10-15(22)6-7-16(14)20(24)23-17;/h6,8-11H,1-5H3;/q-1;. The fraction of sp³-hybridized carbons (Fsp3) is 0.286. The van der Waals surface area contributed by atoms with Crippen molar-refractivity contribution in [3.05, 3.63) is 59.0 Å². The van der Waals surface area contributed by atoms with Gasteiger partial charge in [-0.3, -0.25) is 9.37 Å². The van der Waals surface area contributed by atoms with Crippen molar-refractivity contribution < 1.29 is 24.5 Å². The first-order chi connectivity index (χ1) is 11.3. The van der Waals surface area contributed by atoms with Crippen molar-refractivity contribution in [2.24, 2.45) is 0 Å². The molecule has 131 valence electrons. The fourth-order valence-corrected chi connectivity index (χ4v) is 3.30. The zero-order chi connectivity index (χ0) is 17.2. The van der Waals surface area contributed by atoms with Crippen LogP contribution in [0.1, 0.15) is 37.6 Å². The second-order valence-electron chi connectivity index (χ2n) is 7.62. The van der Waals surface area contributed by atoms with Crippen molar-refractivity contribution in [1.29, 1.82) is 0 Å². The van der Waals surface area contributed by atoms with Gasteiger partial charge < -0.3 is 4.40 Å². The smallest absolute Gasteiger partial charge is 0.0777 e. The van der Waals surface area contributed by atoms with Crippen molar-refractivity contribution in [2.45, 2.75) is 40.0 Å². The first-order valence-corrected chi connectivity index (χ1v) is 8.19. The number of aryl methyl sites for hydroxylation is 2. The maximum atomic E-state index is 13.7. The Hall–Kier alpha value is -1.77. The van der Waals surface area contributed by atoms with E-state index in [0.29, 0.717) is 0 Å². The predicted molar refractivity (Wildman–Crippen MR) is 97.2 cm³/mol. The van der Waals surface area contributed by atoms with Crippen LogP contribution in [0, 0.1) is 25.7 Å². The molecule has 0 saturated carbocycles. The minimum absolute atomic E-state index is 0. The Morgan fingerprint density at radius 3 is 2.40 bits per heavy atom. The van der Waals surface area contributed by atoms with Gasteiger partial charge in [-0.25, -0.2) is 0 Å². The molecule has 0 amide bonds. The van der Waals surface area contributed by atoms with E-state index < -0.39 is 0 Å². The summed E-state index contributed by atoms with van der Waals surface area (Å²) in [5.74, 6) is -0.269. The van der Waals surface area contributed by atoms with Gasteiger partial charge in [-0.1, -0.05) is 26.8 Å². The van der Waals surface area contributed by atoms with Crippen LogP contribution in [0.25, 0.3) is 27.5 Å². The third-order valence-corrected chi connectivity index (χ3v) is 4.73. The number of pyridine rings is 1. The monoisotopic (exact) mass is 512 g/mol. The summed E-state index contributed by atoms with van der Waals surface area (Å²) in [6, 6.07) is 12.4. The second kappa shape index (κ2) is 5.89. The van der Waals surface area contributed by atoms with E-state index in [-0.39, 0.29) is 31.3 Å². The number of hydrogen-bond acceptors (Lipinski definition) is 1. The Morgan fingerprint density at radius 1 is 1.04 bits per heavy atom. The van der Waals surface area contributed by atoms with E-state index in [4.69, 9.17) is 4.98 Å². The SMILES string of the molecule is Cc1cc2nc3c4[c-]cc(F)cc4cc(C(C)(C)C)n3c2cc1C.[Ir]. The molecule has 0 aliphatic heterocycles. The quantitative estimate of drug-likeness (QED) is 0.285. The van der Waals surface area contributed by atoms with Crippen LogP contribution in [0.3, 0.4) is 0 Å². The van der Waals surface area contributed by atoms with E-state index in [0.717, 1.165) is 33.1 Å². The van der Waals surface area contributed by atoms with Crippen molar-refractivity contribution in [1.82, 2.24) is 9.38 Å². The van der Waals surface area contributed by atoms with Gasteiger partial charge in [-0.2, -0.15) is 0 Å². The van der Waals surface area contributed by atoms with E-state index in [2.05, 4.69) is 63.3 Å². The molecule has 2 nitrogen and oxygen atoms in total. The summed E-state index contributed by atoms with van der Waals surface area (Å²) in [4.78, 5) is 4.86. The molecule has 1 radical (unpaired) electrons. The number of rotatable bonds is 0. The number of halogens is 1. The van der Waals surface area contributed by atoms with Crippen LogP contribution in [-0.2, 0) is 25.5 Å². The van der Waals surface area contributed by atoms with Crippen molar-refractivity contribution in [3.63, 3.8) is 0 Å². The molecule has 4 rings (SSSR count). The van der Waals surface area contributed by atoms with Crippen LogP contribution >= 0.6 is 0 Å². The Bertz CT molecular complexity index is 1120. The number of hydrogen-bond donors (Lipinski definition) is 0. The Balaban J connectivity index is 0.00000182. The minimum atomic E-state index is -0.269. The molecule has 2 aromatic heterocycles. The predicted octanol–water partition coefficient (Wildman–Crippen LogP) is 5.49. The van der Waals surface area contributed by atoms with Crippen LogP contribution < -0.4 is 0 Å². The number of imidazole rings is 1. The van der Waals surface area contributed by atoms with Gasteiger partial charge >= 0.3 is 0 Å². The van der Waals surface area contributed by atoms with E-state index in [1.54, 1.807) is 6.07 Å². The zero-order valence-corrected chi connectivity index (χ0v) is 17.4. The van der Waals surface area contributed by atoms with Crippen molar-refractivity contribution >= 4 is 27.5 Å². The van der Waals surface area contributed by atoms with E-state index in [1.807, 2.05) is 0 Å². The average Bonchev–Trinajstić information content (AvgIpc) is 2.84. The maximum absolute atomic E-state index is 13.7. The minimum Gasteiger partial charge on any atom is -0.337 e. The van der Waals surface area contributed by atoms with Crippen LogP contribution in [0.2, 0.25) is 0 Å². The molecule has 25 heavy (non-hydrogen) atoms. The summed E-state index contributed by atoms with van der Waals surface area (Å²) in [5.41, 5.74) is 6.40. The molecule has 2 heterocycles. The molecule has 0 atom stereocenters. The summed E-state index contributed by atoms with van der Waals surface area (Å²) in [6.07, 6.45) is 0. The maximum Gasteiger partial charge on any atom is 0.0777 e. The number of fused-ring (bicyclic) bond motifs is 5. The van der Waals surface area contributed by atoms with Crippen LogP contribution in [0.15, 0.2) is 30.3 Å². The van der Waals surface area contributed by atoms with Gasteiger partial charge in [0, 0.05) is 37.0 Å². The third kappa shape index (κ3) is 2.78. The van der Waals surface area contributed by atoms with E-state index >= 15 is 0 Å². The average molecular weight is 512 g/mol.